The third-order valence-electron chi connectivity index (χ3n) is 5.56. The molecule has 2 heterocycles. The molecular weight excluding hydrogens is 398 g/mol. The Bertz CT molecular complexity index is 1100. The Morgan fingerprint density at radius 3 is 2.50 bits per heavy atom. The van der Waals surface area contributed by atoms with Crippen LogP contribution in [0.25, 0.3) is 0 Å². The van der Waals surface area contributed by atoms with Crippen LogP contribution >= 0.6 is 11.6 Å². The van der Waals surface area contributed by atoms with Gasteiger partial charge in [-0.05, 0) is 30.3 Å². The van der Waals surface area contributed by atoms with Crippen molar-refractivity contribution in [2.75, 3.05) is 26.7 Å². The number of rotatable bonds is 4. The molecule has 0 saturated carbocycles. The van der Waals surface area contributed by atoms with Gasteiger partial charge in [0.05, 0.1) is 18.2 Å². The summed E-state index contributed by atoms with van der Waals surface area (Å²) in [5.74, 6) is -0.0649. The number of pyridine rings is 1. The van der Waals surface area contributed by atoms with Crippen molar-refractivity contribution in [3.05, 3.63) is 105 Å². The van der Waals surface area contributed by atoms with Crippen molar-refractivity contribution >= 4 is 17.5 Å². The zero-order valence-electron chi connectivity index (χ0n) is 16.9. The van der Waals surface area contributed by atoms with E-state index in [0.29, 0.717) is 23.7 Å². The zero-order valence-corrected chi connectivity index (χ0v) is 17.6. The molecule has 1 aromatic heterocycles. The third-order valence-corrected chi connectivity index (χ3v) is 5.93. The Morgan fingerprint density at radius 1 is 1.00 bits per heavy atom. The zero-order chi connectivity index (χ0) is 21.1. The molecule has 1 aliphatic rings. The first-order valence-corrected chi connectivity index (χ1v) is 10.4. The summed E-state index contributed by atoms with van der Waals surface area (Å²) >= 11 is 6.26. The van der Waals surface area contributed by atoms with E-state index in [9.17, 15) is 9.59 Å². The van der Waals surface area contributed by atoms with Crippen LogP contribution in [0.2, 0.25) is 5.02 Å². The molecule has 1 amide bonds. The molecule has 5 nitrogen and oxygen atoms in total. The van der Waals surface area contributed by atoms with Crippen molar-refractivity contribution in [3.63, 3.8) is 0 Å². The average molecular weight is 422 g/mol. The Morgan fingerprint density at radius 2 is 1.73 bits per heavy atom. The lowest BCUT2D eigenvalue weighted by Crippen LogP contribution is -2.49. The summed E-state index contributed by atoms with van der Waals surface area (Å²) in [7, 11) is 2.07. The number of amides is 1. The molecule has 6 heteroatoms. The number of hydrogen-bond acceptors (Lipinski definition) is 3. The minimum absolute atomic E-state index is 0.0265. The predicted molar refractivity (Wildman–Crippen MR) is 119 cm³/mol. The molecule has 0 spiro atoms. The summed E-state index contributed by atoms with van der Waals surface area (Å²) < 4.78 is 1.54. The Labute approximate surface area is 181 Å². The highest BCUT2D eigenvalue weighted by atomic mass is 35.5. The Kier molecular flexibility index (Phi) is 6.02. The molecule has 3 aromatic rings. The smallest absolute Gasteiger partial charge is 0.255 e. The van der Waals surface area contributed by atoms with Gasteiger partial charge in [-0.2, -0.15) is 0 Å². The van der Waals surface area contributed by atoms with Gasteiger partial charge in [0.25, 0.3) is 11.5 Å². The van der Waals surface area contributed by atoms with Crippen LogP contribution in [0.3, 0.4) is 0 Å². The Hall–Kier alpha value is -2.89. The number of halogens is 1. The van der Waals surface area contributed by atoms with Crippen molar-refractivity contribution in [2.24, 2.45) is 0 Å². The maximum Gasteiger partial charge on any atom is 0.255 e. The first-order chi connectivity index (χ1) is 14.5. The monoisotopic (exact) mass is 421 g/mol. The van der Waals surface area contributed by atoms with Gasteiger partial charge in [-0.3, -0.25) is 9.59 Å². The molecule has 0 radical (unpaired) electrons. The van der Waals surface area contributed by atoms with Crippen molar-refractivity contribution in [3.8, 4) is 0 Å². The van der Waals surface area contributed by atoms with Crippen molar-refractivity contribution in [2.45, 2.75) is 12.6 Å². The number of carbonyl (C=O) groups excluding carboxylic acids is 1. The summed E-state index contributed by atoms with van der Waals surface area (Å²) in [6, 6.07) is 20.6. The molecule has 154 valence electrons. The molecular formula is C24H24ClN3O2. The second kappa shape index (κ2) is 8.86. The summed E-state index contributed by atoms with van der Waals surface area (Å²) in [6.07, 6.45) is 1.65. The first-order valence-electron chi connectivity index (χ1n) is 10.0. The van der Waals surface area contributed by atoms with E-state index < -0.39 is 0 Å². The van der Waals surface area contributed by atoms with Crippen LogP contribution in [0, 0.1) is 0 Å². The van der Waals surface area contributed by atoms with E-state index in [1.54, 1.807) is 22.9 Å². The van der Waals surface area contributed by atoms with Gasteiger partial charge in [0, 0.05) is 36.9 Å². The van der Waals surface area contributed by atoms with E-state index in [1.807, 2.05) is 41.3 Å². The summed E-state index contributed by atoms with van der Waals surface area (Å²) in [6.45, 7) is 2.55. The lowest BCUT2D eigenvalue weighted by atomic mass is 10.0. The second-order valence-electron chi connectivity index (χ2n) is 7.66. The first kappa shape index (κ1) is 20.4. The molecule has 30 heavy (non-hydrogen) atoms. The quantitative estimate of drug-likeness (QED) is 0.645. The molecule has 1 fully saturated rings. The maximum absolute atomic E-state index is 13.4. The van der Waals surface area contributed by atoms with Gasteiger partial charge in [0.1, 0.15) is 0 Å². The highest BCUT2D eigenvalue weighted by Crippen LogP contribution is 2.26. The number of likely N-dealkylation sites (N-methyl/N-ethyl adjacent to an activating group) is 1. The van der Waals surface area contributed by atoms with Crippen LogP contribution in [-0.4, -0.2) is 47.0 Å². The SMILES string of the molecule is CN1CCN(C(=O)c2ccc(=O)n(Cc3ccccc3Cl)c2)[C@@H](c2ccccc2)C1. The predicted octanol–water partition coefficient (Wildman–Crippen LogP) is 3.68. The highest BCUT2D eigenvalue weighted by Gasteiger charge is 2.31. The molecule has 2 aromatic carbocycles. The number of hydrogen-bond donors (Lipinski definition) is 0. The molecule has 0 N–H and O–H groups in total. The number of benzene rings is 2. The van der Waals surface area contributed by atoms with E-state index >= 15 is 0 Å². The van der Waals surface area contributed by atoms with Crippen LogP contribution in [0.5, 0.6) is 0 Å². The molecule has 1 saturated heterocycles. The van der Waals surface area contributed by atoms with Gasteiger partial charge in [-0.1, -0.05) is 60.1 Å². The van der Waals surface area contributed by atoms with Gasteiger partial charge in [-0.15, -0.1) is 0 Å². The molecule has 1 aliphatic heterocycles. The van der Waals surface area contributed by atoms with Crippen LogP contribution < -0.4 is 5.56 Å². The second-order valence-corrected chi connectivity index (χ2v) is 8.07. The topological polar surface area (TPSA) is 45.6 Å². The summed E-state index contributed by atoms with van der Waals surface area (Å²) in [5.41, 5.74) is 2.30. The summed E-state index contributed by atoms with van der Waals surface area (Å²) in [4.78, 5) is 30.0. The molecule has 4 rings (SSSR count). The van der Waals surface area contributed by atoms with E-state index in [1.165, 1.54) is 6.07 Å². The number of nitrogens with zero attached hydrogens (tertiary/aromatic N) is 3. The van der Waals surface area contributed by atoms with E-state index in [-0.39, 0.29) is 17.5 Å². The minimum atomic E-state index is -0.163. The maximum atomic E-state index is 13.4. The van der Waals surface area contributed by atoms with Crippen molar-refractivity contribution in [1.82, 2.24) is 14.4 Å². The molecule has 0 unspecified atom stereocenters. The standard InChI is InChI=1S/C24H24ClN3O2/c1-26-13-14-28(22(17-26)18-7-3-2-4-8-18)24(30)20-11-12-23(29)27(16-20)15-19-9-5-6-10-21(19)25/h2-12,16,22H,13-15,17H2,1H3/t22-/m1/s1. The average Bonchev–Trinajstić information content (AvgIpc) is 2.77. The Balaban J connectivity index is 1.64. The van der Waals surface area contributed by atoms with Gasteiger partial charge in [0.15, 0.2) is 0 Å². The van der Waals surface area contributed by atoms with Crippen molar-refractivity contribution < 1.29 is 4.79 Å². The lowest BCUT2D eigenvalue weighted by Gasteiger charge is -2.40. The largest absolute Gasteiger partial charge is 0.329 e. The fourth-order valence-corrected chi connectivity index (χ4v) is 4.08. The van der Waals surface area contributed by atoms with Crippen molar-refractivity contribution in [1.29, 1.82) is 0 Å². The fraction of sp³-hybridized carbons (Fsp3) is 0.250. The fourth-order valence-electron chi connectivity index (χ4n) is 3.88. The van der Waals surface area contributed by atoms with Crippen LogP contribution in [-0.2, 0) is 6.54 Å². The molecule has 0 aliphatic carbocycles. The number of carbonyl (C=O) groups is 1. The lowest BCUT2D eigenvalue weighted by molar-refractivity contribution is 0.0497. The summed E-state index contributed by atoms with van der Waals surface area (Å²) in [5, 5.41) is 0.601. The van der Waals surface area contributed by atoms with Crippen LogP contribution in [0.1, 0.15) is 27.5 Å². The van der Waals surface area contributed by atoms with E-state index in [0.717, 1.165) is 24.2 Å². The van der Waals surface area contributed by atoms with Gasteiger partial charge >= 0.3 is 0 Å². The van der Waals surface area contributed by atoms with E-state index in [4.69, 9.17) is 11.6 Å². The third kappa shape index (κ3) is 4.32. The normalized spacial score (nSPS) is 17.1. The molecule has 0 bridgehead atoms. The highest BCUT2D eigenvalue weighted by molar-refractivity contribution is 6.31. The minimum Gasteiger partial charge on any atom is -0.329 e. The van der Waals surface area contributed by atoms with Crippen LogP contribution in [0.15, 0.2) is 77.7 Å². The van der Waals surface area contributed by atoms with E-state index in [2.05, 4.69) is 24.1 Å². The van der Waals surface area contributed by atoms with Crippen LogP contribution in [0.4, 0.5) is 0 Å². The van der Waals surface area contributed by atoms with Gasteiger partial charge in [0.2, 0.25) is 0 Å². The number of piperazine rings is 1. The van der Waals surface area contributed by atoms with Gasteiger partial charge in [-0.25, -0.2) is 0 Å². The van der Waals surface area contributed by atoms with Gasteiger partial charge < -0.3 is 14.4 Å². The molecule has 1 atom stereocenters. The number of aromatic nitrogens is 1.